The Labute approximate surface area is 128 Å². The second-order valence-electron chi connectivity index (χ2n) is 5.87. The van der Waals surface area contributed by atoms with Gasteiger partial charge in [0.25, 0.3) is 0 Å². The molecular formula is C16H19BrN2O. The minimum atomic E-state index is 0.125. The van der Waals surface area contributed by atoms with Crippen LogP contribution in [-0.4, -0.2) is 4.98 Å². The van der Waals surface area contributed by atoms with Crippen LogP contribution in [0.15, 0.2) is 35.1 Å². The van der Waals surface area contributed by atoms with Gasteiger partial charge < -0.3 is 10.5 Å². The Hall–Kier alpha value is -1.55. The van der Waals surface area contributed by atoms with E-state index in [9.17, 15) is 0 Å². The smallest absolute Gasteiger partial charge is 0.167 e. The van der Waals surface area contributed by atoms with Crippen LogP contribution in [0.25, 0.3) is 0 Å². The Morgan fingerprint density at radius 3 is 2.45 bits per heavy atom. The van der Waals surface area contributed by atoms with Gasteiger partial charge in [0, 0.05) is 6.20 Å². The highest BCUT2D eigenvalue weighted by Crippen LogP contribution is 2.36. The highest BCUT2D eigenvalue weighted by Gasteiger charge is 2.16. The molecule has 1 aromatic heterocycles. The molecular weight excluding hydrogens is 316 g/mol. The SMILES string of the molecule is Cc1cc(C(C)(C)C)ccc1Oc1c(N)cncc1Br. The van der Waals surface area contributed by atoms with Gasteiger partial charge in [0.1, 0.15) is 5.75 Å². The van der Waals surface area contributed by atoms with Crippen molar-refractivity contribution in [3.8, 4) is 11.5 Å². The van der Waals surface area contributed by atoms with Gasteiger partial charge in [-0.1, -0.05) is 32.9 Å². The predicted octanol–water partition coefficient (Wildman–Crippen LogP) is 4.82. The summed E-state index contributed by atoms with van der Waals surface area (Å²) in [7, 11) is 0. The van der Waals surface area contributed by atoms with Crippen LogP contribution in [0.5, 0.6) is 11.5 Å². The number of aryl methyl sites for hydroxylation is 1. The van der Waals surface area contributed by atoms with Crippen molar-refractivity contribution in [2.75, 3.05) is 5.73 Å². The summed E-state index contributed by atoms with van der Waals surface area (Å²) in [5, 5.41) is 0. The fourth-order valence-corrected chi connectivity index (χ4v) is 2.31. The summed E-state index contributed by atoms with van der Waals surface area (Å²) in [6, 6.07) is 6.23. The molecule has 0 aliphatic carbocycles. The zero-order valence-corrected chi connectivity index (χ0v) is 13.8. The summed E-state index contributed by atoms with van der Waals surface area (Å²) in [5.41, 5.74) is 8.90. The van der Waals surface area contributed by atoms with Gasteiger partial charge in [0.15, 0.2) is 5.75 Å². The van der Waals surface area contributed by atoms with Crippen molar-refractivity contribution in [2.45, 2.75) is 33.1 Å². The first kappa shape index (κ1) is 14.9. The van der Waals surface area contributed by atoms with Crippen LogP contribution >= 0.6 is 15.9 Å². The summed E-state index contributed by atoms with van der Waals surface area (Å²) in [6.07, 6.45) is 3.25. The van der Waals surface area contributed by atoms with E-state index in [1.807, 2.05) is 13.0 Å². The largest absolute Gasteiger partial charge is 0.454 e. The molecule has 106 valence electrons. The van der Waals surface area contributed by atoms with Gasteiger partial charge in [-0.2, -0.15) is 0 Å². The molecule has 0 spiro atoms. The van der Waals surface area contributed by atoms with Gasteiger partial charge in [-0.05, 0) is 45.5 Å². The second kappa shape index (κ2) is 5.44. The lowest BCUT2D eigenvalue weighted by molar-refractivity contribution is 0.476. The summed E-state index contributed by atoms with van der Waals surface area (Å²) >= 11 is 3.41. The number of nitrogen functional groups attached to an aromatic ring is 1. The van der Waals surface area contributed by atoms with E-state index in [2.05, 4.69) is 53.8 Å². The summed E-state index contributed by atoms with van der Waals surface area (Å²) < 4.78 is 6.67. The standard InChI is InChI=1S/C16H19BrN2O/c1-10-7-11(16(2,3)4)5-6-14(10)20-15-12(17)8-19-9-13(15)18/h5-9H,18H2,1-4H3. The van der Waals surface area contributed by atoms with Crippen molar-refractivity contribution in [1.29, 1.82) is 0 Å². The fraction of sp³-hybridized carbons (Fsp3) is 0.312. The van der Waals surface area contributed by atoms with E-state index < -0.39 is 0 Å². The van der Waals surface area contributed by atoms with Crippen molar-refractivity contribution in [3.05, 3.63) is 46.2 Å². The minimum Gasteiger partial charge on any atom is -0.454 e. The Kier molecular flexibility index (Phi) is 4.04. The van der Waals surface area contributed by atoms with Crippen molar-refractivity contribution < 1.29 is 4.74 Å². The molecule has 0 bridgehead atoms. The molecule has 0 aliphatic rings. The number of aromatic nitrogens is 1. The first-order valence-electron chi connectivity index (χ1n) is 6.47. The molecule has 0 fully saturated rings. The molecule has 4 heteroatoms. The van der Waals surface area contributed by atoms with Crippen LogP contribution in [0, 0.1) is 6.92 Å². The average molecular weight is 335 g/mol. The number of halogens is 1. The predicted molar refractivity (Wildman–Crippen MR) is 86.3 cm³/mol. The van der Waals surface area contributed by atoms with Gasteiger partial charge in [0.2, 0.25) is 0 Å². The molecule has 1 aromatic carbocycles. The van der Waals surface area contributed by atoms with Crippen LogP contribution in [0.1, 0.15) is 31.9 Å². The van der Waals surface area contributed by atoms with Crippen molar-refractivity contribution >= 4 is 21.6 Å². The monoisotopic (exact) mass is 334 g/mol. The zero-order valence-electron chi connectivity index (χ0n) is 12.2. The second-order valence-corrected chi connectivity index (χ2v) is 6.73. The molecule has 0 saturated heterocycles. The third-order valence-electron chi connectivity index (χ3n) is 3.13. The average Bonchev–Trinajstić information content (AvgIpc) is 2.34. The number of ether oxygens (including phenoxy) is 1. The maximum atomic E-state index is 5.93. The number of benzene rings is 1. The molecule has 0 amide bonds. The Balaban J connectivity index is 2.36. The van der Waals surface area contributed by atoms with Crippen molar-refractivity contribution in [3.63, 3.8) is 0 Å². The van der Waals surface area contributed by atoms with E-state index in [-0.39, 0.29) is 5.41 Å². The molecule has 0 unspecified atom stereocenters. The van der Waals surface area contributed by atoms with E-state index in [1.165, 1.54) is 5.56 Å². The van der Waals surface area contributed by atoms with Gasteiger partial charge in [-0.15, -0.1) is 0 Å². The van der Waals surface area contributed by atoms with Gasteiger partial charge in [-0.3, -0.25) is 4.98 Å². The number of nitrogens with zero attached hydrogens (tertiary/aromatic N) is 1. The maximum Gasteiger partial charge on any atom is 0.167 e. The lowest BCUT2D eigenvalue weighted by atomic mass is 9.86. The Morgan fingerprint density at radius 1 is 1.20 bits per heavy atom. The fourth-order valence-electron chi connectivity index (χ4n) is 1.89. The topological polar surface area (TPSA) is 48.1 Å². The molecule has 2 aromatic rings. The quantitative estimate of drug-likeness (QED) is 0.855. The van der Waals surface area contributed by atoms with E-state index in [4.69, 9.17) is 10.5 Å². The van der Waals surface area contributed by atoms with Crippen molar-refractivity contribution in [1.82, 2.24) is 4.98 Å². The van der Waals surface area contributed by atoms with Crippen molar-refractivity contribution in [2.24, 2.45) is 0 Å². The van der Waals surface area contributed by atoms with E-state index in [1.54, 1.807) is 12.4 Å². The summed E-state index contributed by atoms with van der Waals surface area (Å²) in [4.78, 5) is 4.00. The van der Waals surface area contributed by atoms with Crippen LogP contribution in [0.3, 0.4) is 0 Å². The maximum absolute atomic E-state index is 5.93. The number of nitrogens with two attached hydrogens (primary N) is 1. The molecule has 0 atom stereocenters. The Morgan fingerprint density at radius 2 is 1.90 bits per heavy atom. The minimum absolute atomic E-state index is 0.125. The number of pyridine rings is 1. The van der Waals surface area contributed by atoms with Crippen LogP contribution in [-0.2, 0) is 5.41 Å². The highest BCUT2D eigenvalue weighted by molar-refractivity contribution is 9.10. The van der Waals surface area contributed by atoms with E-state index >= 15 is 0 Å². The highest BCUT2D eigenvalue weighted by atomic mass is 79.9. The van der Waals surface area contributed by atoms with Crippen LogP contribution in [0.4, 0.5) is 5.69 Å². The molecule has 0 aliphatic heterocycles. The molecule has 0 radical (unpaired) electrons. The third-order valence-corrected chi connectivity index (χ3v) is 3.70. The molecule has 1 heterocycles. The molecule has 3 nitrogen and oxygen atoms in total. The van der Waals surface area contributed by atoms with Gasteiger partial charge in [0.05, 0.1) is 16.4 Å². The van der Waals surface area contributed by atoms with Crippen LogP contribution < -0.4 is 10.5 Å². The molecule has 20 heavy (non-hydrogen) atoms. The normalized spacial score (nSPS) is 11.4. The molecule has 2 N–H and O–H groups in total. The number of rotatable bonds is 2. The zero-order chi connectivity index (χ0) is 14.9. The van der Waals surface area contributed by atoms with Gasteiger partial charge in [-0.25, -0.2) is 0 Å². The summed E-state index contributed by atoms with van der Waals surface area (Å²) in [5.74, 6) is 1.41. The van der Waals surface area contributed by atoms with E-state index in [0.717, 1.165) is 15.8 Å². The first-order chi connectivity index (χ1) is 9.29. The Bertz CT molecular complexity index is 613. The van der Waals surface area contributed by atoms with E-state index in [0.29, 0.717) is 11.4 Å². The molecule has 0 saturated carbocycles. The number of hydrogen-bond donors (Lipinski definition) is 1. The first-order valence-corrected chi connectivity index (χ1v) is 7.26. The molecule has 2 rings (SSSR count). The van der Waals surface area contributed by atoms with Gasteiger partial charge >= 0.3 is 0 Å². The van der Waals surface area contributed by atoms with Crippen LogP contribution in [0.2, 0.25) is 0 Å². The number of anilines is 1. The lowest BCUT2D eigenvalue weighted by Gasteiger charge is -2.21. The third kappa shape index (κ3) is 3.12. The lowest BCUT2D eigenvalue weighted by Crippen LogP contribution is -2.11. The number of hydrogen-bond acceptors (Lipinski definition) is 3. The summed E-state index contributed by atoms with van der Waals surface area (Å²) in [6.45, 7) is 8.62.